The maximum Gasteiger partial charge on any atom is 0.415 e. The lowest BCUT2D eigenvalue weighted by molar-refractivity contribution is 0.149. The van der Waals surface area contributed by atoms with Gasteiger partial charge in [-0.05, 0) is 42.4 Å². The number of rotatable bonds is 4. The summed E-state index contributed by atoms with van der Waals surface area (Å²) in [6.07, 6.45) is 2.61. The first-order valence-corrected chi connectivity index (χ1v) is 11.0. The maximum atomic E-state index is 12.6. The van der Waals surface area contributed by atoms with Gasteiger partial charge in [0.25, 0.3) is 0 Å². The van der Waals surface area contributed by atoms with Crippen molar-refractivity contribution < 1.29 is 14.6 Å². The number of aromatic amines is 1. The molecule has 0 aliphatic carbocycles. The van der Waals surface area contributed by atoms with Crippen molar-refractivity contribution in [1.29, 1.82) is 0 Å². The fourth-order valence-corrected chi connectivity index (χ4v) is 3.86. The van der Waals surface area contributed by atoms with Gasteiger partial charge in [-0.1, -0.05) is 25.4 Å². The highest BCUT2D eigenvalue weighted by Crippen LogP contribution is 2.27. The van der Waals surface area contributed by atoms with Gasteiger partial charge in [0, 0.05) is 32.4 Å². The minimum Gasteiger partial charge on any atom is -0.493 e. The van der Waals surface area contributed by atoms with Crippen LogP contribution >= 0.6 is 23.8 Å². The third-order valence-electron chi connectivity index (χ3n) is 5.20. The summed E-state index contributed by atoms with van der Waals surface area (Å²) in [5.74, 6) is 1.67. The second-order valence-electron chi connectivity index (χ2n) is 7.69. The first-order valence-electron chi connectivity index (χ1n) is 10.2. The van der Waals surface area contributed by atoms with Crippen molar-refractivity contribution in [3.63, 3.8) is 0 Å². The number of amides is 1. The largest absolute Gasteiger partial charge is 0.493 e. The molecule has 0 aromatic carbocycles. The number of imidazole rings is 1. The zero-order valence-corrected chi connectivity index (χ0v) is 19.2. The number of H-pyrrole nitrogens is 1. The molecule has 32 heavy (non-hydrogen) atoms. The number of hydrogen-bond acceptors (Lipinski definition) is 7. The first kappa shape index (κ1) is 22.1. The smallest absolute Gasteiger partial charge is 0.415 e. The summed E-state index contributed by atoms with van der Waals surface area (Å²) in [6, 6.07) is 6.92. The molecule has 4 heterocycles. The van der Waals surface area contributed by atoms with E-state index in [1.807, 2.05) is 19.9 Å². The molecular formula is C21H23ClN6O3S. The molecule has 3 aromatic rings. The molecule has 0 saturated carbocycles. The van der Waals surface area contributed by atoms with Gasteiger partial charge in [-0.25, -0.2) is 19.3 Å². The molecule has 1 aliphatic rings. The van der Waals surface area contributed by atoms with E-state index in [4.69, 9.17) is 28.6 Å². The van der Waals surface area contributed by atoms with Crippen LogP contribution in [0.15, 0.2) is 36.7 Å². The number of carbonyl (C=O) groups excluding carboxylic acids is 1. The Balaban J connectivity index is 1.38. The van der Waals surface area contributed by atoms with Gasteiger partial charge in [0.2, 0.25) is 5.88 Å². The number of carbonyl (C=O) groups is 1. The number of halogens is 1. The number of nitrogens with zero attached hydrogens (tertiary/aromatic N) is 5. The van der Waals surface area contributed by atoms with E-state index in [0.717, 1.165) is 5.82 Å². The third-order valence-corrected chi connectivity index (χ3v) is 5.71. The van der Waals surface area contributed by atoms with Gasteiger partial charge < -0.3 is 24.6 Å². The van der Waals surface area contributed by atoms with E-state index < -0.39 is 6.09 Å². The second-order valence-corrected chi connectivity index (χ2v) is 8.51. The number of aromatic hydroxyl groups is 1. The number of ether oxygens (including phenoxy) is 1. The highest BCUT2D eigenvalue weighted by Gasteiger charge is 2.23. The molecule has 168 valence electrons. The summed E-state index contributed by atoms with van der Waals surface area (Å²) in [6.45, 7) is 6.21. The number of piperazine rings is 1. The van der Waals surface area contributed by atoms with Gasteiger partial charge in [0.15, 0.2) is 10.5 Å². The van der Waals surface area contributed by atoms with Crippen molar-refractivity contribution in [2.45, 2.75) is 19.8 Å². The number of pyridine rings is 2. The van der Waals surface area contributed by atoms with E-state index in [1.54, 1.807) is 29.3 Å². The fourth-order valence-electron chi connectivity index (χ4n) is 3.46. The zero-order valence-electron chi connectivity index (χ0n) is 17.7. The Kier molecular flexibility index (Phi) is 6.33. The molecule has 0 atom stereocenters. The Morgan fingerprint density at radius 3 is 2.38 bits per heavy atom. The lowest BCUT2D eigenvalue weighted by Gasteiger charge is -2.34. The first-order chi connectivity index (χ1) is 15.3. The van der Waals surface area contributed by atoms with Gasteiger partial charge in [0.1, 0.15) is 11.6 Å². The molecule has 0 radical (unpaired) electrons. The van der Waals surface area contributed by atoms with Crippen LogP contribution in [0, 0.1) is 4.77 Å². The summed E-state index contributed by atoms with van der Waals surface area (Å²) in [4.78, 5) is 27.9. The molecule has 9 nitrogen and oxygen atoms in total. The Hall–Kier alpha value is -3.11. The number of hydrogen-bond donors (Lipinski definition) is 2. The molecular weight excluding hydrogens is 452 g/mol. The topological polar surface area (TPSA) is 99.5 Å². The molecule has 0 unspecified atom stereocenters. The van der Waals surface area contributed by atoms with Gasteiger partial charge in [-0.3, -0.25) is 0 Å². The number of aromatic nitrogens is 4. The fraction of sp³-hybridized carbons (Fsp3) is 0.333. The predicted octanol–water partition coefficient (Wildman–Crippen LogP) is 4.13. The van der Waals surface area contributed by atoms with Crippen LogP contribution in [0.25, 0.3) is 5.82 Å². The van der Waals surface area contributed by atoms with Crippen LogP contribution in [-0.2, 0) is 0 Å². The molecule has 4 rings (SSSR count). The molecule has 1 aliphatic heterocycles. The summed E-state index contributed by atoms with van der Waals surface area (Å²) in [5.41, 5.74) is 0.639. The number of nitrogens with one attached hydrogen (secondary N) is 1. The van der Waals surface area contributed by atoms with Crippen LogP contribution in [0.1, 0.15) is 25.5 Å². The van der Waals surface area contributed by atoms with Crippen LogP contribution in [0.5, 0.6) is 11.6 Å². The van der Waals surface area contributed by atoms with Gasteiger partial charge in [-0.15, -0.1) is 0 Å². The average Bonchev–Trinajstić information content (AvgIpc) is 3.09. The molecule has 1 fully saturated rings. The third kappa shape index (κ3) is 4.56. The van der Waals surface area contributed by atoms with Crippen molar-refractivity contribution in [3.8, 4) is 17.4 Å². The van der Waals surface area contributed by atoms with E-state index in [9.17, 15) is 9.90 Å². The van der Waals surface area contributed by atoms with Crippen molar-refractivity contribution in [2.75, 3.05) is 31.1 Å². The Morgan fingerprint density at radius 1 is 1.12 bits per heavy atom. The summed E-state index contributed by atoms with van der Waals surface area (Å²) >= 11 is 11.2. The molecule has 2 N–H and O–H groups in total. The molecule has 0 bridgehead atoms. The monoisotopic (exact) mass is 474 g/mol. The SMILES string of the molecule is CC(C)c1[nH]c(=S)n(-c2ccc(OC(=O)N3CCN(c4ccc(Cl)cn4)CC3)cn2)c1O. The van der Waals surface area contributed by atoms with Crippen LogP contribution in [-0.4, -0.2) is 61.8 Å². The highest BCUT2D eigenvalue weighted by atomic mass is 35.5. The van der Waals surface area contributed by atoms with Crippen LogP contribution in [0.3, 0.4) is 0 Å². The maximum absolute atomic E-state index is 12.6. The standard InChI is InChI=1S/C21H23ClN6O3S/c1-13(2)18-19(29)28(20(32)25-18)17-6-4-15(12-24-17)31-21(30)27-9-7-26(8-10-27)16-5-3-14(22)11-23-16/h3-6,11-13,29H,7-10H2,1-2H3,(H,25,32). The van der Waals surface area contributed by atoms with E-state index in [2.05, 4.69) is 19.9 Å². The van der Waals surface area contributed by atoms with Crippen LogP contribution in [0.2, 0.25) is 5.02 Å². The van der Waals surface area contributed by atoms with Gasteiger partial charge >= 0.3 is 6.09 Å². The second kappa shape index (κ2) is 9.17. The van der Waals surface area contributed by atoms with E-state index in [0.29, 0.717) is 53.2 Å². The quantitative estimate of drug-likeness (QED) is 0.548. The molecule has 11 heteroatoms. The van der Waals surface area contributed by atoms with Crippen LogP contribution < -0.4 is 9.64 Å². The summed E-state index contributed by atoms with van der Waals surface area (Å²) in [5, 5.41) is 11.0. The lowest BCUT2D eigenvalue weighted by Crippen LogP contribution is -2.49. The van der Waals surface area contributed by atoms with Crippen molar-refractivity contribution in [1.82, 2.24) is 24.4 Å². The molecule has 3 aromatic heterocycles. The van der Waals surface area contributed by atoms with Crippen molar-refractivity contribution in [2.24, 2.45) is 0 Å². The number of anilines is 1. The Bertz CT molecular complexity index is 1150. The normalized spacial score (nSPS) is 14.1. The molecule has 1 amide bonds. The minimum atomic E-state index is -0.438. The minimum absolute atomic E-state index is 0.0234. The van der Waals surface area contributed by atoms with Crippen molar-refractivity contribution in [3.05, 3.63) is 52.1 Å². The Morgan fingerprint density at radius 2 is 1.81 bits per heavy atom. The van der Waals surface area contributed by atoms with Crippen LogP contribution in [0.4, 0.5) is 10.6 Å². The van der Waals surface area contributed by atoms with Gasteiger partial charge in [-0.2, -0.15) is 0 Å². The van der Waals surface area contributed by atoms with E-state index in [-0.39, 0.29) is 11.8 Å². The van der Waals surface area contributed by atoms with E-state index >= 15 is 0 Å². The predicted molar refractivity (Wildman–Crippen MR) is 124 cm³/mol. The zero-order chi connectivity index (χ0) is 22.8. The van der Waals surface area contributed by atoms with E-state index in [1.165, 1.54) is 10.8 Å². The van der Waals surface area contributed by atoms with Gasteiger partial charge in [0.05, 0.1) is 16.9 Å². The average molecular weight is 475 g/mol. The summed E-state index contributed by atoms with van der Waals surface area (Å²) < 4.78 is 7.26. The van der Waals surface area contributed by atoms with Crippen molar-refractivity contribution >= 4 is 35.7 Å². The molecule has 0 spiro atoms. The Labute approximate surface area is 195 Å². The highest BCUT2D eigenvalue weighted by molar-refractivity contribution is 7.71. The molecule has 1 saturated heterocycles. The summed E-state index contributed by atoms with van der Waals surface area (Å²) in [7, 11) is 0. The lowest BCUT2D eigenvalue weighted by atomic mass is 10.1.